The Morgan fingerprint density at radius 2 is 1.38 bits per heavy atom. The van der Waals surface area contributed by atoms with Gasteiger partial charge in [0.15, 0.2) is 0 Å². The molecule has 2 amide bonds. The van der Waals surface area contributed by atoms with Crippen LogP contribution in [0.25, 0.3) is 0 Å². The van der Waals surface area contributed by atoms with E-state index in [1.165, 1.54) is 13.8 Å². The van der Waals surface area contributed by atoms with E-state index in [1.807, 2.05) is 20.8 Å². The Balaban J connectivity index is -0.000000131. The van der Waals surface area contributed by atoms with Crippen LogP contribution in [-0.4, -0.2) is 25.4 Å². The molecule has 0 rings (SSSR count). The van der Waals surface area contributed by atoms with Crippen LogP contribution in [0.4, 0.5) is 0 Å². The van der Waals surface area contributed by atoms with Crippen molar-refractivity contribution in [2.45, 2.75) is 34.6 Å². The van der Waals surface area contributed by atoms with Crippen molar-refractivity contribution in [3.05, 3.63) is 0 Å². The van der Waals surface area contributed by atoms with Gasteiger partial charge in [-0.3, -0.25) is 9.59 Å². The van der Waals surface area contributed by atoms with Crippen molar-refractivity contribution in [3.63, 3.8) is 0 Å². The monoisotopic (exact) mass is 190 g/mol. The maximum atomic E-state index is 9.93. The Bertz CT molecular complexity index is 125. The maximum absolute atomic E-state index is 9.93. The minimum Gasteiger partial charge on any atom is -0.359 e. The second kappa shape index (κ2) is 17.1. The third-order valence-electron chi connectivity index (χ3n) is 0.778. The number of hydrogen-bond donors (Lipinski definition) is 2. The van der Waals surface area contributed by atoms with E-state index in [0.29, 0.717) is 0 Å². The van der Waals surface area contributed by atoms with Crippen LogP contribution in [-0.2, 0) is 9.59 Å². The molecule has 2 N–H and O–H groups in total. The Hall–Kier alpha value is -1.06. The van der Waals surface area contributed by atoms with Crippen LogP contribution in [0.3, 0.4) is 0 Å². The number of nitrogens with one attached hydrogen (secondary N) is 2. The van der Waals surface area contributed by atoms with Crippen LogP contribution in [0.1, 0.15) is 34.6 Å². The van der Waals surface area contributed by atoms with Crippen LogP contribution < -0.4 is 10.6 Å². The molecule has 0 atom stereocenters. The van der Waals surface area contributed by atoms with Gasteiger partial charge < -0.3 is 10.6 Å². The summed E-state index contributed by atoms with van der Waals surface area (Å²) < 4.78 is 0. The van der Waals surface area contributed by atoms with Crippen molar-refractivity contribution in [2.75, 3.05) is 13.6 Å². The van der Waals surface area contributed by atoms with Crippen molar-refractivity contribution >= 4 is 11.8 Å². The summed E-state index contributed by atoms with van der Waals surface area (Å²) in [4.78, 5) is 19.6. The molecule has 4 nitrogen and oxygen atoms in total. The Kier molecular flexibility index (Phi) is 23.6. The fourth-order valence-corrected chi connectivity index (χ4v) is 0.249. The quantitative estimate of drug-likeness (QED) is 0.646. The minimum atomic E-state index is 0.00463. The number of carbonyl (C=O) groups is 2. The summed E-state index contributed by atoms with van der Waals surface area (Å²) in [6.45, 7) is 9.60. The molecule has 0 aliphatic rings. The van der Waals surface area contributed by atoms with Crippen LogP contribution in [0.15, 0.2) is 0 Å². The van der Waals surface area contributed by atoms with Crippen LogP contribution in [0.2, 0.25) is 0 Å². The van der Waals surface area contributed by atoms with Gasteiger partial charge in [0.05, 0.1) is 0 Å². The zero-order valence-electron chi connectivity index (χ0n) is 9.52. The average molecular weight is 190 g/mol. The van der Waals surface area contributed by atoms with E-state index in [0.717, 1.165) is 6.54 Å². The van der Waals surface area contributed by atoms with E-state index in [2.05, 4.69) is 10.6 Å². The first-order valence-corrected chi connectivity index (χ1v) is 4.47. The molecule has 0 saturated heterocycles. The summed E-state index contributed by atoms with van der Waals surface area (Å²) in [5.41, 5.74) is 0. The van der Waals surface area contributed by atoms with E-state index in [9.17, 15) is 9.59 Å². The molecule has 0 aromatic heterocycles. The normalized spacial score (nSPS) is 6.62. The average Bonchev–Trinajstić information content (AvgIpc) is 2.09. The number of amides is 2. The fourth-order valence-electron chi connectivity index (χ4n) is 0.249. The summed E-state index contributed by atoms with van der Waals surface area (Å²) in [5, 5.41) is 4.96. The van der Waals surface area contributed by atoms with E-state index in [1.54, 1.807) is 7.05 Å². The molecule has 0 aliphatic heterocycles. The molecule has 80 valence electrons. The second-order valence-corrected chi connectivity index (χ2v) is 1.89. The molecule has 13 heavy (non-hydrogen) atoms. The Morgan fingerprint density at radius 3 is 1.38 bits per heavy atom. The largest absolute Gasteiger partial charge is 0.359 e. The van der Waals surface area contributed by atoms with Gasteiger partial charge >= 0.3 is 0 Å². The number of carbonyl (C=O) groups excluding carboxylic acids is 2. The molecular formula is C9H22N2O2. The maximum Gasteiger partial charge on any atom is 0.216 e. The molecule has 4 heteroatoms. The van der Waals surface area contributed by atoms with Gasteiger partial charge in [-0.15, -0.1) is 0 Å². The first-order chi connectivity index (χ1) is 6.04. The van der Waals surface area contributed by atoms with Gasteiger partial charge in [-0.1, -0.05) is 13.8 Å². The first kappa shape index (κ1) is 17.9. The van der Waals surface area contributed by atoms with E-state index >= 15 is 0 Å². The van der Waals surface area contributed by atoms with Gasteiger partial charge in [0.25, 0.3) is 0 Å². The Labute approximate surface area is 81.1 Å². The highest BCUT2D eigenvalue weighted by Gasteiger charge is 1.79. The first-order valence-electron chi connectivity index (χ1n) is 4.47. The highest BCUT2D eigenvalue weighted by molar-refractivity contribution is 5.72. The fraction of sp³-hybridized carbons (Fsp3) is 0.778. The SMILES string of the molecule is CC.CCNC(C)=O.CNC(C)=O. The number of rotatable bonds is 1. The molecule has 0 saturated carbocycles. The van der Waals surface area contributed by atoms with Crippen LogP contribution >= 0.6 is 0 Å². The third-order valence-corrected chi connectivity index (χ3v) is 0.778. The van der Waals surface area contributed by atoms with Gasteiger partial charge in [-0.2, -0.15) is 0 Å². The van der Waals surface area contributed by atoms with Crippen molar-refractivity contribution in [1.29, 1.82) is 0 Å². The lowest BCUT2D eigenvalue weighted by molar-refractivity contribution is -0.119. The molecule has 0 fully saturated rings. The minimum absolute atomic E-state index is 0.00463. The lowest BCUT2D eigenvalue weighted by Crippen LogP contribution is -2.18. The lowest BCUT2D eigenvalue weighted by Gasteiger charge is -1.88. The molecule has 0 spiro atoms. The summed E-state index contributed by atoms with van der Waals surface area (Å²) in [6, 6.07) is 0. The van der Waals surface area contributed by atoms with E-state index in [4.69, 9.17) is 0 Å². The zero-order valence-corrected chi connectivity index (χ0v) is 9.52. The van der Waals surface area contributed by atoms with Crippen molar-refractivity contribution in [1.82, 2.24) is 10.6 Å². The van der Waals surface area contributed by atoms with Crippen molar-refractivity contribution in [3.8, 4) is 0 Å². The van der Waals surface area contributed by atoms with Crippen LogP contribution in [0, 0.1) is 0 Å². The summed E-state index contributed by atoms with van der Waals surface area (Å²) in [6.07, 6.45) is 0. The van der Waals surface area contributed by atoms with Gasteiger partial charge in [-0.05, 0) is 6.92 Å². The molecule has 0 aliphatic carbocycles. The molecule has 0 aromatic rings. The molecule has 0 radical (unpaired) electrons. The van der Waals surface area contributed by atoms with Gasteiger partial charge in [0, 0.05) is 27.4 Å². The molecule has 0 aromatic carbocycles. The summed E-state index contributed by atoms with van der Waals surface area (Å²) >= 11 is 0. The summed E-state index contributed by atoms with van der Waals surface area (Å²) in [5.74, 6) is 0.0440. The highest BCUT2D eigenvalue weighted by Crippen LogP contribution is 1.54. The molecule has 0 heterocycles. The van der Waals surface area contributed by atoms with Gasteiger partial charge in [0.1, 0.15) is 0 Å². The van der Waals surface area contributed by atoms with Crippen molar-refractivity contribution < 1.29 is 9.59 Å². The van der Waals surface area contributed by atoms with E-state index < -0.39 is 0 Å². The highest BCUT2D eigenvalue weighted by atomic mass is 16.1. The van der Waals surface area contributed by atoms with Crippen molar-refractivity contribution in [2.24, 2.45) is 0 Å². The topological polar surface area (TPSA) is 58.2 Å². The smallest absolute Gasteiger partial charge is 0.216 e. The zero-order chi connectivity index (χ0) is 11.3. The van der Waals surface area contributed by atoms with E-state index in [-0.39, 0.29) is 11.8 Å². The number of hydrogen-bond acceptors (Lipinski definition) is 2. The standard InChI is InChI=1S/C4H9NO.C3H7NO.C2H6/c1-3-5-4(2)6;1-3(5)4-2;1-2/h3H2,1-2H3,(H,5,6);1-2H3,(H,4,5);1-2H3. The Morgan fingerprint density at radius 1 is 1.08 bits per heavy atom. The molecular weight excluding hydrogens is 168 g/mol. The lowest BCUT2D eigenvalue weighted by atomic mass is 10.6. The van der Waals surface area contributed by atoms with Gasteiger partial charge in [-0.25, -0.2) is 0 Å². The molecule has 0 bridgehead atoms. The van der Waals surface area contributed by atoms with Gasteiger partial charge in [0.2, 0.25) is 11.8 Å². The predicted octanol–water partition coefficient (Wildman–Crippen LogP) is 0.921. The third kappa shape index (κ3) is 56.3. The van der Waals surface area contributed by atoms with Crippen LogP contribution in [0.5, 0.6) is 0 Å². The second-order valence-electron chi connectivity index (χ2n) is 1.89. The predicted molar refractivity (Wildman–Crippen MR) is 55.4 cm³/mol. The molecule has 0 unspecified atom stereocenters. The summed E-state index contributed by atoms with van der Waals surface area (Å²) in [7, 11) is 1.60.